The quantitative estimate of drug-likeness (QED) is 0.699. The highest BCUT2D eigenvalue weighted by Gasteiger charge is 2.12. The summed E-state index contributed by atoms with van der Waals surface area (Å²) in [5, 5.41) is 10.0. The van der Waals surface area contributed by atoms with Gasteiger partial charge in [0.15, 0.2) is 5.82 Å². The Morgan fingerprint density at radius 2 is 1.91 bits per heavy atom. The molecule has 2 aromatic carbocycles. The van der Waals surface area contributed by atoms with Crippen LogP contribution >= 0.6 is 23.4 Å². The zero-order valence-electron chi connectivity index (χ0n) is 12.2. The molecule has 2 N–H and O–H groups in total. The van der Waals surface area contributed by atoms with Gasteiger partial charge in [-0.1, -0.05) is 23.7 Å². The number of benzene rings is 2. The fourth-order valence-electron chi connectivity index (χ4n) is 2.01. The molecule has 0 fully saturated rings. The average Bonchev–Trinajstić information content (AvgIpc) is 3.03. The van der Waals surface area contributed by atoms with Gasteiger partial charge in [0, 0.05) is 16.0 Å². The molecule has 0 saturated carbocycles. The fraction of sp³-hybridized carbons (Fsp3) is 0.0625. The van der Waals surface area contributed by atoms with E-state index in [1.165, 1.54) is 0 Å². The molecular formula is C16H13ClN4OS. The summed E-state index contributed by atoms with van der Waals surface area (Å²) in [6.45, 7) is 0. The van der Waals surface area contributed by atoms with Gasteiger partial charge in [-0.2, -0.15) is 4.98 Å². The summed E-state index contributed by atoms with van der Waals surface area (Å²) in [4.78, 5) is 17.5. The minimum atomic E-state index is -0.262. The van der Waals surface area contributed by atoms with Crippen LogP contribution in [0.2, 0.25) is 5.02 Å². The topological polar surface area (TPSA) is 70.7 Å². The number of amides is 1. The monoisotopic (exact) mass is 344 g/mol. The van der Waals surface area contributed by atoms with E-state index in [-0.39, 0.29) is 11.9 Å². The largest absolute Gasteiger partial charge is 0.289 e. The lowest BCUT2D eigenvalue weighted by molar-refractivity contribution is 0.102. The number of hydrogen-bond donors (Lipinski definition) is 2. The van der Waals surface area contributed by atoms with Crippen molar-refractivity contribution in [2.24, 2.45) is 0 Å². The summed E-state index contributed by atoms with van der Waals surface area (Å²) in [6, 6.07) is 14.6. The van der Waals surface area contributed by atoms with Gasteiger partial charge in [-0.15, -0.1) is 16.9 Å². The summed E-state index contributed by atoms with van der Waals surface area (Å²) >= 11 is 7.74. The summed E-state index contributed by atoms with van der Waals surface area (Å²) < 4.78 is 0. The number of anilines is 1. The summed E-state index contributed by atoms with van der Waals surface area (Å²) in [5.74, 6) is 0.449. The van der Waals surface area contributed by atoms with Gasteiger partial charge in [-0.25, -0.2) is 0 Å². The Hall–Kier alpha value is -2.31. The van der Waals surface area contributed by atoms with Crippen LogP contribution in [0, 0.1) is 0 Å². The van der Waals surface area contributed by atoms with Gasteiger partial charge >= 0.3 is 0 Å². The predicted molar refractivity (Wildman–Crippen MR) is 93.0 cm³/mol. The van der Waals surface area contributed by atoms with Crippen molar-refractivity contribution < 1.29 is 4.79 Å². The standard InChI is InChI=1S/C16H13ClN4OS/c1-23-11-8-6-10(7-9-11)15(22)19-16-18-14(20-21-16)12-4-2-3-5-13(12)17/h2-9H,1H3,(H2,18,19,20,21,22). The molecule has 0 spiro atoms. The molecule has 7 heteroatoms. The molecule has 0 radical (unpaired) electrons. The molecule has 0 unspecified atom stereocenters. The lowest BCUT2D eigenvalue weighted by atomic mass is 10.2. The van der Waals surface area contributed by atoms with Crippen molar-refractivity contribution in [1.29, 1.82) is 0 Å². The number of rotatable bonds is 4. The Bertz CT molecular complexity index is 832. The molecule has 0 atom stereocenters. The normalized spacial score (nSPS) is 10.5. The predicted octanol–water partition coefficient (Wildman–Crippen LogP) is 4.10. The van der Waals surface area contributed by atoms with Crippen LogP contribution in [-0.4, -0.2) is 27.3 Å². The van der Waals surface area contributed by atoms with E-state index in [1.807, 2.05) is 36.6 Å². The van der Waals surface area contributed by atoms with E-state index in [2.05, 4.69) is 20.5 Å². The average molecular weight is 345 g/mol. The molecule has 3 rings (SSSR count). The van der Waals surface area contributed by atoms with Gasteiger partial charge in [0.1, 0.15) is 0 Å². The van der Waals surface area contributed by atoms with Gasteiger partial charge in [-0.05, 0) is 42.7 Å². The molecule has 1 heterocycles. The van der Waals surface area contributed by atoms with E-state index in [1.54, 1.807) is 30.0 Å². The lowest BCUT2D eigenvalue weighted by Crippen LogP contribution is -2.12. The van der Waals surface area contributed by atoms with Gasteiger partial charge in [0.2, 0.25) is 5.95 Å². The van der Waals surface area contributed by atoms with Crippen molar-refractivity contribution >= 4 is 35.2 Å². The van der Waals surface area contributed by atoms with Crippen molar-refractivity contribution in [2.75, 3.05) is 11.6 Å². The van der Waals surface area contributed by atoms with Crippen LogP contribution in [0.25, 0.3) is 11.4 Å². The second-order valence-corrected chi connectivity index (χ2v) is 5.96. The van der Waals surface area contributed by atoms with Crippen LogP contribution in [0.15, 0.2) is 53.4 Å². The van der Waals surface area contributed by atoms with Gasteiger partial charge in [-0.3, -0.25) is 15.2 Å². The molecular weight excluding hydrogens is 332 g/mol. The first-order valence-electron chi connectivity index (χ1n) is 6.80. The van der Waals surface area contributed by atoms with E-state index in [0.717, 1.165) is 10.5 Å². The zero-order chi connectivity index (χ0) is 16.2. The first-order valence-corrected chi connectivity index (χ1v) is 8.40. The highest BCUT2D eigenvalue weighted by Crippen LogP contribution is 2.25. The number of aromatic nitrogens is 3. The highest BCUT2D eigenvalue weighted by molar-refractivity contribution is 7.98. The molecule has 0 aliphatic rings. The van der Waals surface area contributed by atoms with Crippen molar-refractivity contribution in [3.05, 3.63) is 59.1 Å². The van der Waals surface area contributed by atoms with Gasteiger partial charge in [0.25, 0.3) is 5.91 Å². The van der Waals surface area contributed by atoms with Crippen molar-refractivity contribution in [3.8, 4) is 11.4 Å². The summed E-state index contributed by atoms with van der Waals surface area (Å²) in [5.41, 5.74) is 1.28. The van der Waals surface area contributed by atoms with Crippen LogP contribution in [-0.2, 0) is 0 Å². The first-order chi connectivity index (χ1) is 11.2. The fourth-order valence-corrected chi connectivity index (χ4v) is 2.64. The number of hydrogen-bond acceptors (Lipinski definition) is 4. The Balaban J connectivity index is 1.76. The number of thioether (sulfide) groups is 1. The van der Waals surface area contributed by atoms with E-state index in [9.17, 15) is 4.79 Å². The third kappa shape index (κ3) is 3.55. The van der Waals surface area contributed by atoms with E-state index in [0.29, 0.717) is 16.4 Å². The molecule has 0 aliphatic heterocycles. The summed E-state index contributed by atoms with van der Waals surface area (Å²) in [6.07, 6.45) is 1.99. The van der Waals surface area contributed by atoms with Crippen LogP contribution < -0.4 is 5.32 Å². The zero-order valence-corrected chi connectivity index (χ0v) is 13.8. The van der Waals surface area contributed by atoms with Gasteiger partial charge in [0.05, 0.1) is 5.02 Å². The smallest absolute Gasteiger partial charge is 0.258 e. The summed E-state index contributed by atoms with van der Waals surface area (Å²) in [7, 11) is 0. The Morgan fingerprint density at radius 1 is 1.17 bits per heavy atom. The molecule has 3 aromatic rings. The molecule has 1 aromatic heterocycles. The third-order valence-electron chi connectivity index (χ3n) is 3.19. The number of aromatic amines is 1. The minimum Gasteiger partial charge on any atom is -0.289 e. The van der Waals surface area contributed by atoms with Crippen molar-refractivity contribution in [1.82, 2.24) is 15.2 Å². The van der Waals surface area contributed by atoms with Crippen LogP contribution in [0.1, 0.15) is 10.4 Å². The second-order valence-electron chi connectivity index (χ2n) is 4.67. The van der Waals surface area contributed by atoms with Crippen LogP contribution in [0.3, 0.4) is 0 Å². The maximum atomic E-state index is 12.2. The van der Waals surface area contributed by atoms with Crippen LogP contribution in [0.4, 0.5) is 5.95 Å². The highest BCUT2D eigenvalue weighted by atomic mass is 35.5. The number of halogens is 1. The molecule has 0 aliphatic carbocycles. The third-order valence-corrected chi connectivity index (χ3v) is 4.27. The maximum absolute atomic E-state index is 12.2. The lowest BCUT2D eigenvalue weighted by Gasteiger charge is -2.02. The van der Waals surface area contributed by atoms with Crippen molar-refractivity contribution in [3.63, 3.8) is 0 Å². The minimum absolute atomic E-state index is 0.207. The molecule has 116 valence electrons. The number of carbonyl (C=O) groups excluding carboxylic acids is 1. The number of nitrogens with one attached hydrogen (secondary N) is 2. The number of H-pyrrole nitrogens is 1. The van der Waals surface area contributed by atoms with Gasteiger partial charge < -0.3 is 0 Å². The maximum Gasteiger partial charge on any atom is 0.258 e. The Kier molecular flexibility index (Phi) is 4.64. The van der Waals surface area contributed by atoms with Crippen LogP contribution in [0.5, 0.6) is 0 Å². The molecule has 1 amide bonds. The molecule has 0 saturated heterocycles. The van der Waals surface area contributed by atoms with E-state index < -0.39 is 0 Å². The SMILES string of the molecule is CSc1ccc(C(=O)Nc2n[nH]c(-c3ccccc3Cl)n2)cc1. The molecule has 5 nitrogen and oxygen atoms in total. The Morgan fingerprint density at radius 3 is 2.61 bits per heavy atom. The first kappa shape index (κ1) is 15.6. The van der Waals surface area contributed by atoms with E-state index in [4.69, 9.17) is 11.6 Å². The second kappa shape index (κ2) is 6.85. The van der Waals surface area contributed by atoms with E-state index >= 15 is 0 Å². The molecule has 23 heavy (non-hydrogen) atoms. The Labute approximate surface area is 142 Å². The molecule has 0 bridgehead atoms. The number of nitrogens with zero attached hydrogens (tertiary/aromatic N) is 2. The number of carbonyl (C=O) groups is 1. The van der Waals surface area contributed by atoms with Crippen molar-refractivity contribution in [2.45, 2.75) is 4.90 Å².